The molecule has 1 aliphatic rings. The monoisotopic (exact) mass is 378 g/mol. The molecule has 7 nitrogen and oxygen atoms in total. The molecule has 142 valence electrons. The van der Waals surface area contributed by atoms with E-state index in [1.165, 1.54) is 12.7 Å². The number of hydrogen-bond donors (Lipinski definition) is 0. The van der Waals surface area contributed by atoms with Gasteiger partial charge in [0.1, 0.15) is 5.75 Å². The lowest BCUT2D eigenvalue weighted by molar-refractivity contribution is 0.181. The lowest BCUT2D eigenvalue weighted by Gasteiger charge is -2.34. The van der Waals surface area contributed by atoms with Crippen LogP contribution in [0.1, 0.15) is 17.0 Å². The van der Waals surface area contributed by atoms with E-state index in [1.807, 2.05) is 18.7 Å². The van der Waals surface area contributed by atoms with E-state index in [0.29, 0.717) is 31.9 Å². The summed E-state index contributed by atoms with van der Waals surface area (Å²) < 4.78 is 34.3. The molecule has 1 aliphatic heterocycles. The quantitative estimate of drug-likeness (QED) is 0.790. The molecule has 0 unspecified atom stereocenters. The second-order valence-electron chi connectivity index (χ2n) is 6.63. The van der Waals surface area contributed by atoms with Crippen LogP contribution in [0.3, 0.4) is 0 Å². The van der Waals surface area contributed by atoms with Gasteiger partial charge < -0.3 is 4.74 Å². The minimum Gasteiger partial charge on any atom is -0.497 e. The van der Waals surface area contributed by atoms with E-state index in [2.05, 4.69) is 16.9 Å². The van der Waals surface area contributed by atoms with Crippen LogP contribution in [0.25, 0.3) is 0 Å². The highest BCUT2D eigenvalue weighted by Gasteiger charge is 2.29. The third kappa shape index (κ3) is 3.62. The lowest BCUT2D eigenvalue weighted by Crippen LogP contribution is -2.48. The number of aryl methyl sites for hydroxylation is 2. The van der Waals surface area contributed by atoms with Crippen LogP contribution in [0.5, 0.6) is 5.75 Å². The van der Waals surface area contributed by atoms with Crippen molar-refractivity contribution in [2.45, 2.75) is 25.3 Å². The first kappa shape index (κ1) is 18.9. The number of sulfonamides is 1. The summed E-state index contributed by atoms with van der Waals surface area (Å²) in [6.45, 7) is 7.27. The Bertz CT molecular complexity index is 884. The molecule has 2 aromatic rings. The van der Waals surface area contributed by atoms with Crippen LogP contribution < -0.4 is 4.74 Å². The van der Waals surface area contributed by atoms with Gasteiger partial charge >= 0.3 is 0 Å². The molecule has 1 aromatic carbocycles. The van der Waals surface area contributed by atoms with E-state index in [4.69, 9.17) is 4.74 Å². The van der Waals surface area contributed by atoms with E-state index >= 15 is 0 Å². The molecule has 0 spiro atoms. The summed E-state index contributed by atoms with van der Waals surface area (Å²) in [6, 6.07) is 6.64. The predicted molar refractivity (Wildman–Crippen MR) is 99.7 cm³/mol. The van der Waals surface area contributed by atoms with Crippen LogP contribution in [0, 0.1) is 13.8 Å². The van der Waals surface area contributed by atoms with E-state index in [9.17, 15) is 8.42 Å². The van der Waals surface area contributed by atoms with Crippen molar-refractivity contribution in [3.63, 3.8) is 0 Å². The van der Waals surface area contributed by atoms with Crippen LogP contribution in [-0.2, 0) is 23.6 Å². The van der Waals surface area contributed by atoms with Gasteiger partial charge in [-0.2, -0.15) is 9.40 Å². The van der Waals surface area contributed by atoms with Gasteiger partial charge in [-0.25, -0.2) is 8.42 Å². The molecule has 0 saturated carbocycles. The number of piperazine rings is 1. The molecule has 0 bridgehead atoms. The molecule has 8 heteroatoms. The second-order valence-corrected chi connectivity index (χ2v) is 8.57. The van der Waals surface area contributed by atoms with Gasteiger partial charge in [-0.05, 0) is 26.0 Å². The van der Waals surface area contributed by atoms with E-state index in [0.717, 1.165) is 17.9 Å². The largest absolute Gasteiger partial charge is 0.497 e. The number of benzene rings is 1. The number of hydrogen-bond acceptors (Lipinski definition) is 5. The SMILES string of the molecule is COc1cccc(S(=O)(=O)N2CCN(Cc3c(C)nn(C)c3C)CC2)c1. The zero-order chi connectivity index (χ0) is 18.9. The Morgan fingerprint density at radius 3 is 2.42 bits per heavy atom. The number of aromatic nitrogens is 2. The maximum atomic E-state index is 12.9. The van der Waals surface area contributed by atoms with Gasteiger partial charge in [0, 0.05) is 57.1 Å². The molecule has 1 fully saturated rings. The van der Waals surface area contributed by atoms with Crippen LogP contribution in [-0.4, -0.2) is 60.7 Å². The normalized spacial score (nSPS) is 16.8. The summed E-state index contributed by atoms with van der Waals surface area (Å²) in [5.74, 6) is 0.548. The predicted octanol–water partition coefficient (Wildman–Crippen LogP) is 1.55. The number of rotatable bonds is 5. The van der Waals surface area contributed by atoms with Gasteiger partial charge in [-0.3, -0.25) is 9.58 Å². The molecular formula is C18H26N4O3S. The molecule has 1 aromatic heterocycles. The van der Waals surface area contributed by atoms with Gasteiger partial charge in [0.25, 0.3) is 0 Å². The van der Waals surface area contributed by atoms with E-state index < -0.39 is 10.0 Å². The Hall–Kier alpha value is -1.90. The van der Waals surface area contributed by atoms with Crippen molar-refractivity contribution in [2.75, 3.05) is 33.3 Å². The van der Waals surface area contributed by atoms with Crippen LogP contribution in [0.2, 0.25) is 0 Å². The topological polar surface area (TPSA) is 67.7 Å². The molecule has 26 heavy (non-hydrogen) atoms. The number of ether oxygens (including phenoxy) is 1. The molecule has 0 N–H and O–H groups in total. The summed E-state index contributed by atoms with van der Waals surface area (Å²) in [6.07, 6.45) is 0. The molecular weight excluding hydrogens is 352 g/mol. The van der Waals surface area contributed by atoms with Crippen molar-refractivity contribution >= 4 is 10.0 Å². The first-order valence-corrected chi connectivity index (χ1v) is 10.1. The number of methoxy groups -OCH3 is 1. The molecule has 0 atom stereocenters. The highest BCUT2D eigenvalue weighted by atomic mass is 32.2. The standard InChI is InChI=1S/C18H26N4O3S/c1-14-18(15(2)20(3)19-14)13-21-8-10-22(11-9-21)26(23,24)17-7-5-6-16(12-17)25-4/h5-7,12H,8-11,13H2,1-4H3. The van der Waals surface area contributed by atoms with Crippen LogP contribution in [0.4, 0.5) is 0 Å². The van der Waals surface area contributed by atoms with E-state index in [1.54, 1.807) is 28.6 Å². The Morgan fingerprint density at radius 1 is 1.15 bits per heavy atom. The molecule has 3 rings (SSSR count). The maximum Gasteiger partial charge on any atom is 0.243 e. The molecule has 1 saturated heterocycles. The Morgan fingerprint density at radius 2 is 1.85 bits per heavy atom. The third-order valence-electron chi connectivity index (χ3n) is 5.05. The van der Waals surface area contributed by atoms with Gasteiger partial charge in [0.2, 0.25) is 10.0 Å². The average molecular weight is 378 g/mol. The van der Waals surface area contributed by atoms with Gasteiger partial charge in [-0.15, -0.1) is 0 Å². The minimum absolute atomic E-state index is 0.282. The van der Waals surface area contributed by atoms with Crippen LogP contribution >= 0.6 is 0 Å². The number of nitrogens with zero attached hydrogens (tertiary/aromatic N) is 4. The fourth-order valence-corrected chi connectivity index (χ4v) is 4.77. The summed E-state index contributed by atoms with van der Waals surface area (Å²) in [4.78, 5) is 2.57. The van der Waals surface area contributed by atoms with Crippen LogP contribution in [0.15, 0.2) is 29.2 Å². The van der Waals surface area contributed by atoms with Crippen molar-refractivity contribution in [3.05, 3.63) is 41.2 Å². The Balaban J connectivity index is 1.67. The molecule has 2 heterocycles. The first-order chi connectivity index (χ1) is 12.3. The average Bonchev–Trinajstić information content (AvgIpc) is 2.88. The highest BCUT2D eigenvalue weighted by Crippen LogP contribution is 2.23. The second kappa shape index (κ2) is 7.38. The van der Waals surface area contributed by atoms with Crippen molar-refractivity contribution in [2.24, 2.45) is 7.05 Å². The van der Waals surface area contributed by atoms with Gasteiger partial charge in [0.15, 0.2) is 0 Å². The maximum absolute atomic E-state index is 12.9. The minimum atomic E-state index is -3.49. The molecule has 0 aliphatic carbocycles. The smallest absolute Gasteiger partial charge is 0.243 e. The van der Waals surface area contributed by atoms with Gasteiger partial charge in [0.05, 0.1) is 17.7 Å². The zero-order valence-electron chi connectivity index (χ0n) is 15.8. The lowest BCUT2D eigenvalue weighted by atomic mass is 10.1. The van der Waals surface area contributed by atoms with Crippen molar-refractivity contribution in [1.82, 2.24) is 19.0 Å². The fourth-order valence-electron chi connectivity index (χ4n) is 3.31. The fraction of sp³-hybridized carbons (Fsp3) is 0.500. The summed E-state index contributed by atoms with van der Waals surface area (Å²) in [7, 11) is -0.00939. The first-order valence-electron chi connectivity index (χ1n) is 8.68. The van der Waals surface area contributed by atoms with Gasteiger partial charge in [-0.1, -0.05) is 6.07 Å². The molecule has 0 amide bonds. The molecule has 0 radical (unpaired) electrons. The summed E-state index contributed by atoms with van der Waals surface area (Å²) in [5, 5.41) is 4.46. The summed E-state index contributed by atoms with van der Waals surface area (Å²) >= 11 is 0. The zero-order valence-corrected chi connectivity index (χ0v) is 16.6. The highest BCUT2D eigenvalue weighted by molar-refractivity contribution is 7.89. The Kier molecular flexibility index (Phi) is 5.36. The van der Waals surface area contributed by atoms with Crippen molar-refractivity contribution in [1.29, 1.82) is 0 Å². The van der Waals surface area contributed by atoms with E-state index in [-0.39, 0.29) is 4.90 Å². The third-order valence-corrected chi connectivity index (χ3v) is 6.95. The van der Waals surface area contributed by atoms with Crippen molar-refractivity contribution in [3.8, 4) is 5.75 Å². The van der Waals surface area contributed by atoms with Crippen molar-refractivity contribution < 1.29 is 13.2 Å². The summed E-state index contributed by atoms with van der Waals surface area (Å²) in [5.41, 5.74) is 3.43. The Labute approximate surface area is 155 Å².